The topological polar surface area (TPSA) is 95.8 Å². The van der Waals surface area contributed by atoms with Crippen LogP contribution in [0.15, 0.2) is 39.8 Å². The highest BCUT2D eigenvalue weighted by Gasteiger charge is 2.30. The third-order valence-electron chi connectivity index (χ3n) is 4.34. The lowest BCUT2D eigenvalue weighted by atomic mass is 10.3. The minimum Gasteiger partial charge on any atom is -0.360 e. The van der Waals surface area contributed by atoms with Crippen molar-refractivity contribution < 1.29 is 22.1 Å². The fraction of sp³-hybridized carbons (Fsp3) is 0.412. The zero-order valence-electron chi connectivity index (χ0n) is 14.9. The molecule has 1 saturated heterocycles. The average molecular weight is 396 g/mol. The van der Waals surface area contributed by atoms with Crippen LogP contribution in [0, 0.1) is 12.7 Å². The Morgan fingerprint density at radius 3 is 2.59 bits per heavy atom. The van der Waals surface area contributed by atoms with Gasteiger partial charge >= 0.3 is 0 Å². The molecule has 10 heteroatoms. The molecule has 2 heterocycles. The van der Waals surface area contributed by atoms with Gasteiger partial charge in [0.1, 0.15) is 16.5 Å². The molecular formula is C17H21FN4O4S. The zero-order valence-corrected chi connectivity index (χ0v) is 15.7. The van der Waals surface area contributed by atoms with Crippen LogP contribution < -0.4 is 5.32 Å². The number of piperazine rings is 1. The van der Waals surface area contributed by atoms with Gasteiger partial charge in [-0.05, 0) is 19.1 Å². The molecule has 1 N–H and O–H groups in total. The van der Waals surface area contributed by atoms with Crippen LogP contribution in [0.1, 0.15) is 12.2 Å². The lowest BCUT2D eigenvalue weighted by molar-refractivity contribution is -0.116. The van der Waals surface area contributed by atoms with Crippen LogP contribution in [0.3, 0.4) is 0 Å². The molecule has 2 aromatic rings. The summed E-state index contributed by atoms with van der Waals surface area (Å²) < 4.78 is 45.1. The number of carbonyl (C=O) groups is 1. The summed E-state index contributed by atoms with van der Waals surface area (Å²) in [5.74, 6) is 0.0418. The summed E-state index contributed by atoms with van der Waals surface area (Å²) in [5, 5.41) is 6.34. The van der Waals surface area contributed by atoms with E-state index in [9.17, 15) is 17.6 Å². The van der Waals surface area contributed by atoms with Gasteiger partial charge in [0.2, 0.25) is 15.9 Å². The summed E-state index contributed by atoms with van der Waals surface area (Å²) in [5.41, 5.74) is 0. The first-order valence-electron chi connectivity index (χ1n) is 8.56. The van der Waals surface area contributed by atoms with Gasteiger partial charge in [-0.15, -0.1) is 0 Å². The first kappa shape index (κ1) is 19.5. The van der Waals surface area contributed by atoms with Gasteiger partial charge < -0.3 is 14.7 Å². The van der Waals surface area contributed by atoms with Gasteiger partial charge in [0.15, 0.2) is 5.82 Å². The molecule has 0 bridgehead atoms. The number of anilines is 1. The number of hydrogen-bond donors (Lipinski definition) is 1. The van der Waals surface area contributed by atoms with Gasteiger partial charge in [-0.25, -0.2) is 12.8 Å². The predicted molar refractivity (Wildman–Crippen MR) is 96.1 cm³/mol. The highest BCUT2D eigenvalue weighted by atomic mass is 32.2. The van der Waals surface area contributed by atoms with Gasteiger partial charge in [-0.1, -0.05) is 17.3 Å². The molecule has 0 radical (unpaired) electrons. The maximum atomic E-state index is 13.8. The number of rotatable bonds is 6. The van der Waals surface area contributed by atoms with Crippen molar-refractivity contribution in [3.63, 3.8) is 0 Å². The molecule has 0 saturated carbocycles. The predicted octanol–water partition coefficient (Wildman–Crippen LogP) is 1.46. The third-order valence-corrected chi connectivity index (χ3v) is 6.27. The number of nitrogens with zero attached hydrogens (tertiary/aromatic N) is 3. The van der Waals surface area contributed by atoms with Gasteiger partial charge in [0.05, 0.1) is 0 Å². The summed E-state index contributed by atoms with van der Waals surface area (Å²) >= 11 is 0. The number of sulfonamides is 1. The Kier molecular flexibility index (Phi) is 5.88. The highest BCUT2D eigenvalue weighted by molar-refractivity contribution is 7.89. The standard InChI is InChI=1S/C17H21FN4O4S/c1-13-12-16(20-26-13)19-17(23)6-7-21-8-10-22(11-9-21)27(24,25)15-5-3-2-4-14(15)18/h2-5,12H,6-11H2,1H3,(H,19,20,23). The molecule has 0 aliphatic carbocycles. The largest absolute Gasteiger partial charge is 0.360 e. The van der Waals surface area contributed by atoms with Crippen LogP contribution in [-0.4, -0.2) is 61.4 Å². The average Bonchev–Trinajstić information content (AvgIpc) is 3.05. The van der Waals surface area contributed by atoms with Crippen molar-refractivity contribution in [3.8, 4) is 0 Å². The van der Waals surface area contributed by atoms with Crippen LogP contribution in [0.5, 0.6) is 0 Å². The van der Waals surface area contributed by atoms with E-state index < -0.39 is 15.8 Å². The van der Waals surface area contributed by atoms with Crippen molar-refractivity contribution in [1.82, 2.24) is 14.4 Å². The Hall–Kier alpha value is -2.30. The molecule has 1 aromatic carbocycles. The van der Waals surface area contributed by atoms with Gasteiger partial charge in [-0.2, -0.15) is 4.31 Å². The monoisotopic (exact) mass is 396 g/mol. The number of carbonyl (C=O) groups excluding carboxylic acids is 1. The number of aryl methyl sites for hydroxylation is 1. The first-order chi connectivity index (χ1) is 12.9. The zero-order chi connectivity index (χ0) is 19.4. The van der Waals surface area contributed by atoms with Crippen molar-refractivity contribution in [3.05, 3.63) is 41.9 Å². The number of nitrogens with one attached hydrogen (secondary N) is 1. The molecule has 3 rings (SSSR count). The van der Waals surface area contributed by atoms with E-state index in [0.717, 1.165) is 6.07 Å². The van der Waals surface area contributed by atoms with E-state index >= 15 is 0 Å². The molecule has 1 fully saturated rings. The molecule has 1 amide bonds. The summed E-state index contributed by atoms with van der Waals surface area (Å²) in [6.07, 6.45) is 0.256. The molecule has 1 aromatic heterocycles. The molecule has 8 nitrogen and oxygen atoms in total. The second kappa shape index (κ2) is 8.15. The van der Waals surface area contributed by atoms with Crippen molar-refractivity contribution in [1.29, 1.82) is 0 Å². The van der Waals surface area contributed by atoms with Crippen molar-refractivity contribution >= 4 is 21.7 Å². The third kappa shape index (κ3) is 4.71. The van der Waals surface area contributed by atoms with Crippen LogP contribution in [-0.2, 0) is 14.8 Å². The molecule has 0 spiro atoms. The fourth-order valence-electron chi connectivity index (χ4n) is 2.88. The Morgan fingerprint density at radius 1 is 1.26 bits per heavy atom. The minimum absolute atomic E-state index is 0.190. The molecule has 0 atom stereocenters. The Bertz CT molecular complexity index is 907. The molecule has 1 aliphatic rings. The van der Waals surface area contributed by atoms with Crippen LogP contribution >= 0.6 is 0 Å². The SMILES string of the molecule is Cc1cc(NC(=O)CCN2CCN(S(=O)(=O)c3ccccc3F)CC2)no1. The van der Waals surface area contributed by atoms with E-state index in [1.165, 1.54) is 22.5 Å². The van der Waals surface area contributed by atoms with Gasteiger partial charge in [0.25, 0.3) is 0 Å². The number of benzene rings is 1. The van der Waals surface area contributed by atoms with E-state index in [-0.39, 0.29) is 30.3 Å². The van der Waals surface area contributed by atoms with Crippen molar-refractivity contribution in [2.45, 2.75) is 18.2 Å². The maximum Gasteiger partial charge on any atom is 0.246 e. The number of hydrogen-bond acceptors (Lipinski definition) is 6. The summed E-state index contributed by atoms with van der Waals surface area (Å²) in [4.78, 5) is 13.6. The van der Waals surface area contributed by atoms with E-state index in [1.807, 2.05) is 4.90 Å². The van der Waals surface area contributed by atoms with E-state index in [1.54, 1.807) is 13.0 Å². The van der Waals surface area contributed by atoms with E-state index in [2.05, 4.69) is 10.5 Å². The number of aromatic nitrogens is 1. The normalized spacial score (nSPS) is 16.4. The lowest BCUT2D eigenvalue weighted by Gasteiger charge is -2.33. The second-order valence-electron chi connectivity index (χ2n) is 6.30. The molecule has 27 heavy (non-hydrogen) atoms. The van der Waals surface area contributed by atoms with Gasteiger partial charge in [0, 0.05) is 45.2 Å². The quantitative estimate of drug-likeness (QED) is 0.794. The second-order valence-corrected chi connectivity index (χ2v) is 8.20. The lowest BCUT2D eigenvalue weighted by Crippen LogP contribution is -2.49. The molecule has 0 unspecified atom stereocenters. The van der Waals surface area contributed by atoms with Crippen molar-refractivity contribution in [2.24, 2.45) is 0 Å². The first-order valence-corrected chi connectivity index (χ1v) is 10.0. The Balaban J connectivity index is 1.49. The number of amides is 1. The van der Waals surface area contributed by atoms with Crippen LogP contribution in [0.2, 0.25) is 0 Å². The Morgan fingerprint density at radius 2 is 1.96 bits per heavy atom. The minimum atomic E-state index is -3.85. The fourth-order valence-corrected chi connectivity index (χ4v) is 4.36. The van der Waals surface area contributed by atoms with Gasteiger partial charge in [-0.3, -0.25) is 4.79 Å². The van der Waals surface area contributed by atoms with E-state index in [0.29, 0.717) is 31.2 Å². The van der Waals surface area contributed by atoms with Crippen molar-refractivity contribution in [2.75, 3.05) is 38.0 Å². The maximum absolute atomic E-state index is 13.8. The molecular weight excluding hydrogens is 375 g/mol. The summed E-state index contributed by atoms with van der Waals surface area (Å²) in [7, 11) is -3.85. The highest BCUT2D eigenvalue weighted by Crippen LogP contribution is 2.20. The summed E-state index contributed by atoms with van der Waals surface area (Å²) in [6, 6.07) is 6.99. The smallest absolute Gasteiger partial charge is 0.246 e. The summed E-state index contributed by atoms with van der Waals surface area (Å²) in [6.45, 7) is 3.68. The number of halogens is 1. The van der Waals surface area contributed by atoms with Crippen LogP contribution in [0.4, 0.5) is 10.2 Å². The molecule has 146 valence electrons. The Labute approximate surface area is 157 Å². The van der Waals surface area contributed by atoms with E-state index in [4.69, 9.17) is 4.52 Å². The molecule has 1 aliphatic heterocycles. The van der Waals surface area contributed by atoms with Crippen LogP contribution in [0.25, 0.3) is 0 Å².